The van der Waals surface area contributed by atoms with Crippen molar-refractivity contribution in [1.82, 2.24) is 0 Å². The number of carbonyl (C=O) groups is 1. The highest BCUT2D eigenvalue weighted by Gasteiger charge is 2.05. The molecule has 4 heteroatoms. The maximum Gasteiger partial charge on any atom is 0.315 e. The van der Waals surface area contributed by atoms with Crippen molar-refractivity contribution >= 4 is 17.7 Å². The number of carbonyl (C=O) groups excluding carboxylic acids is 1. The average molecular weight is 240 g/mol. The number of aliphatic hydroxyl groups excluding tert-OH is 1. The van der Waals surface area contributed by atoms with Gasteiger partial charge in [-0.25, -0.2) is 0 Å². The van der Waals surface area contributed by atoms with Gasteiger partial charge in [-0.3, -0.25) is 4.79 Å². The zero-order chi connectivity index (χ0) is 12.0. The van der Waals surface area contributed by atoms with E-state index in [9.17, 15) is 9.90 Å². The molecule has 3 nitrogen and oxygen atoms in total. The van der Waals surface area contributed by atoms with Crippen LogP contribution in [-0.4, -0.2) is 23.9 Å². The molecule has 0 bridgehead atoms. The Kier molecular flexibility index (Phi) is 5.35. The van der Waals surface area contributed by atoms with Gasteiger partial charge in [-0.2, -0.15) is 0 Å². The van der Waals surface area contributed by atoms with Crippen molar-refractivity contribution in [3.05, 3.63) is 29.8 Å². The maximum atomic E-state index is 10.9. The monoisotopic (exact) mass is 240 g/mol. The van der Waals surface area contributed by atoms with Crippen LogP contribution in [-0.2, 0) is 9.53 Å². The van der Waals surface area contributed by atoms with Gasteiger partial charge >= 0.3 is 5.97 Å². The van der Waals surface area contributed by atoms with Crippen LogP contribution in [0.5, 0.6) is 0 Å². The van der Waals surface area contributed by atoms with Crippen molar-refractivity contribution in [2.75, 3.05) is 12.9 Å². The normalized spacial score (nSPS) is 12.2. The highest BCUT2D eigenvalue weighted by atomic mass is 32.2. The van der Waals surface area contributed by atoms with Gasteiger partial charge in [0.1, 0.15) is 0 Å². The molecule has 1 aromatic carbocycles. The lowest BCUT2D eigenvalue weighted by molar-refractivity contribution is -0.137. The molecule has 0 unspecified atom stereocenters. The first-order valence-electron chi connectivity index (χ1n) is 5.15. The van der Waals surface area contributed by atoms with E-state index in [-0.39, 0.29) is 5.97 Å². The maximum absolute atomic E-state index is 10.9. The van der Waals surface area contributed by atoms with Gasteiger partial charge in [-0.1, -0.05) is 19.1 Å². The van der Waals surface area contributed by atoms with Crippen LogP contribution in [0.3, 0.4) is 0 Å². The van der Waals surface area contributed by atoms with Crippen LogP contribution >= 0.6 is 11.8 Å². The Labute approximate surface area is 99.8 Å². The second kappa shape index (κ2) is 6.55. The fraction of sp³-hybridized carbons (Fsp3) is 0.417. The van der Waals surface area contributed by atoms with E-state index in [1.807, 2.05) is 31.2 Å². The molecule has 0 aliphatic heterocycles. The van der Waals surface area contributed by atoms with E-state index in [1.54, 1.807) is 0 Å². The van der Waals surface area contributed by atoms with E-state index in [1.165, 1.54) is 18.9 Å². The molecule has 1 atom stereocenters. The predicted molar refractivity (Wildman–Crippen MR) is 64.4 cm³/mol. The van der Waals surface area contributed by atoms with E-state index in [4.69, 9.17) is 0 Å². The first kappa shape index (κ1) is 13.1. The summed E-state index contributed by atoms with van der Waals surface area (Å²) in [6.45, 7) is 1.94. The van der Waals surface area contributed by atoms with E-state index < -0.39 is 6.10 Å². The highest BCUT2D eigenvalue weighted by Crippen LogP contribution is 2.22. The summed E-state index contributed by atoms with van der Waals surface area (Å²) in [5.41, 5.74) is 0.907. The van der Waals surface area contributed by atoms with Crippen LogP contribution in [0.1, 0.15) is 25.0 Å². The predicted octanol–water partition coefficient (Wildman–Crippen LogP) is 2.40. The van der Waals surface area contributed by atoms with Gasteiger partial charge in [0.25, 0.3) is 0 Å². The molecule has 0 aromatic heterocycles. The summed E-state index contributed by atoms with van der Waals surface area (Å²) in [5, 5.41) is 9.60. The molecule has 1 aromatic rings. The first-order valence-corrected chi connectivity index (χ1v) is 6.13. The minimum absolute atomic E-state index is 0.234. The molecule has 0 spiro atoms. The van der Waals surface area contributed by atoms with E-state index in [0.29, 0.717) is 12.2 Å². The summed E-state index contributed by atoms with van der Waals surface area (Å²) >= 11 is 1.42. The third-order valence-corrected chi connectivity index (χ3v) is 3.22. The van der Waals surface area contributed by atoms with Crippen molar-refractivity contribution in [2.45, 2.75) is 24.3 Å². The van der Waals surface area contributed by atoms with Crippen molar-refractivity contribution < 1.29 is 14.6 Å². The Bertz CT molecular complexity index is 335. The van der Waals surface area contributed by atoms with Crippen molar-refractivity contribution in [3.63, 3.8) is 0 Å². The molecule has 0 aliphatic carbocycles. The van der Waals surface area contributed by atoms with Crippen LogP contribution < -0.4 is 0 Å². The number of hydrogen-bond acceptors (Lipinski definition) is 4. The SMILES string of the molecule is CC[C@@H](O)c1ccc(SCC(=O)OC)cc1. The number of rotatable bonds is 5. The molecule has 0 fully saturated rings. The summed E-state index contributed by atoms with van der Waals surface area (Å²) in [6.07, 6.45) is 0.300. The fourth-order valence-corrected chi connectivity index (χ4v) is 1.95. The molecule has 0 saturated heterocycles. The Morgan fingerprint density at radius 1 is 1.44 bits per heavy atom. The minimum Gasteiger partial charge on any atom is -0.468 e. The Morgan fingerprint density at radius 2 is 2.06 bits per heavy atom. The first-order chi connectivity index (χ1) is 7.67. The van der Waals surface area contributed by atoms with Gasteiger partial charge in [0, 0.05) is 4.90 Å². The van der Waals surface area contributed by atoms with Crippen molar-refractivity contribution in [1.29, 1.82) is 0 Å². The summed E-state index contributed by atoms with van der Waals surface area (Å²) in [4.78, 5) is 11.9. The van der Waals surface area contributed by atoms with E-state index >= 15 is 0 Å². The van der Waals surface area contributed by atoms with Crippen LogP contribution in [0.2, 0.25) is 0 Å². The number of benzene rings is 1. The topological polar surface area (TPSA) is 46.5 Å². The largest absolute Gasteiger partial charge is 0.468 e. The lowest BCUT2D eigenvalue weighted by atomic mass is 10.1. The second-order valence-corrected chi connectivity index (χ2v) is 4.41. The Balaban J connectivity index is 2.54. The molecule has 1 rings (SSSR count). The number of ether oxygens (including phenoxy) is 1. The molecular weight excluding hydrogens is 224 g/mol. The smallest absolute Gasteiger partial charge is 0.315 e. The Morgan fingerprint density at radius 3 is 2.56 bits per heavy atom. The molecule has 1 N–H and O–H groups in total. The lowest BCUT2D eigenvalue weighted by Gasteiger charge is -2.08. The van der Waals surface area contributed by atoms with Gasteiger partial charge in [0.2, 0.25) is 0 Å². The standard InChI is InChI=1S/C12H16O3S/c1-3-11(13)9-4-6-10(7-5-9)16-8-12(14)15-2/h4-7,11,13H,3,8H2,1-2H3/t11-/m1/s1. The molecule has 16 heavy (non-hydrogen) atoms. The van der Waals surface area contributed by atoms with Gasteiger partial charge in [0.15, 0.2) is 0 Å². The quantitative estimate of drug-likeness (QED) is 0.634. The zero-order valence-electron chi connectivity index (χ0n) is 9.47. The number of esters is 1. The summed E-state index contributed by atoms with van der Waals surface area (Å²) in [6, 6.07) is 7.57. The van der Waals surface area contributed by atoms with Gasteiger partial charge in [-0.05, 0) is 24.1 Å². The van der Waals surface area contributed by atoms with Crippen LogP contribution in [0, 0.1) is 0 Å². The second-order valence-electron chi connectivity index (χ2n) is 3.36. The van der Waals surface area contributed by atoms with Crippen LogP contribution in [0.15, 0.2) is 29.2 Å². The van der Waals surface area contributed by atoms with Crippen molar-refractivity contribution in [2.24, 2.45) is 0 Å². The molecule has 0 saturated carbocycles. The number of aliphatic hydroxyl groups is 1. The molecular formula is C12H16O3S. The number of methoxy groups -OCH3 is 1. The number of thioether (sulfide) groups is 1. The third kappa shape index (κ3) is 3.87. The zero-order valence-corrected chi connectivity index (χ0v) is 10.3. The third-order valence-electron chi connectivity index (χ3n) is 2.24. The molecule has 0 amide bonds. The van der Waals surface area contributed by atoms with Gasteiger partial charge in [-0.15, -0.1) is 11.8 Å². The Hall–Kier alpha value is -1.00. The van der Waals surface area contributed by atoms with Gasteiger partial charge < -0.3 is 9.84 Å². The van der Waals surface area contributed by atoms with Gasteiger partial charge in [0.05, 0.1) is 19.0 Å². The fourth-order valence-electron chi connectivity index (χ4n) is 1.22. The summed E-state index contributed by atoms with van der Waals surface area (Å²) in [5.74, 6) is 0.0780. The molecule has 0 aliphatic rings. The van der Waals surface area contributed by atoms with Crippen LogP contribution in [0.25, 0.3) is 0 Å². The van der Waals surface area contributed by atoms with Crippen molar-refractivity contribution in [3.8, 4) is 0 Å². The lowest BCUT2D eigenvalue weighted by Crippen LogP contribution is -2.02. The molecule has 88 valence electrons. The molecule has 0 radical (unpaired) electrons. The summed E-state index contributed by atoms with van der Waals surface area (Å²) in [7, 11) is 1.38. The minimum atomic E-state index is -0.403. The van der Waals surface area contributed by atoms with Crippen LogP contribution in [0.4, 0.5) is 0 Å². The summed E-state index contributed by atoms with van der Waals surface area (Å²) < 4.78 is 4.55. The van der Waals surface area contributed by atoms with E-state index in [2.05, 4.69) is 4.74 Å². The molecule has 0 heterocycles. The average Bonchev–Trinajstić information content (AvgIpc) is 2.35. The van der Waals surface area contributed by atoms with E-state index in [0.717, 1.165) is 10.5 Å². The highest BCUT2D eigenvalue weighted by molar-refractivity contribution is 8.00. The number of hydrogen-bond donors (Lipinski definition) is 1.